The van der Waals surface area contributed by atoms with Crippen LogP contribution >= 0.6 is 79.6 Å². The zero-order valence-electron chi connectivity index (χ0n) is 39.6. The number of carbonyl (C=O) groups excluding carboxylic acids is 5. The first kappa shape index (κ1) is 58.6. The first-order valence-electron chi connectivity index (χ1n) is 23.0. The van der Waals surface area contributed by atoms with Crippen molar-refractivity contribution < 1.29 is 24.0 Å². The normalized spacial score (nSPS) is 14.1. The van der Waals surface area contributed by atoms with Gasteiger partial charge in [-0.1, -0.05) is 97.2 Å². The molecule has 20 heteroatoms. The Bertz CT molecular complexity index is 2400. The molecule has 3 aliphatic heterocycles. The molecule has 0 bridgehead atoms. The molecule has 3 aliphatic rings. The average Bonchev–Trinajstić information content (AvgIpc) is 3.38. The third-order valence-corrected chi connectivity index (χ3v) is 13.3. The van der Waals surface area contributed by atoms with E-state index < -0.39 is 0 Å². The quantitative estimate of drug-likeness (QED) is 0.0418. The Kier molecular flexibility index (Phi) is 26.5. The molecule has 71 heavy (non-hydrogen) atoms. The van der Waals surface area contributed by atoms with Crippen molar-refractivity contribution in [2.24, 2.45) is 4.99 Å². The van der Waals surface area contributed by atoms with Crippen LogP contribution in [0.3, 0.4) is 0 Å². The number of rotatable bonds is 10. The predicted octanol–water partition coefficient (Wildman–Crippen LogP) is 12.4. The van der Waals surface area contributed by atoms with E-state index in [0.29, 0.717) is 12.2 Å². The van der Waals surface area contributed by atoms with Crippen LogP contribution in [0, 0.1) is 0 Å². The molecule has 8 rings (SSSR count). The summed E-state index contributed by atoms with van der Waals surface area (Å²) in [6, 6.07) is 37.7. The number of amides is 8. The van der Waals surface area contributed by atoms with Crippen LogP contribution in [0.5, 0.6) is 0 Å². The van der Waals surface area contributed by atoms with Crippen LogP contribution < -0.4 is 36.1 Å². The number of isocyanates is 1. The molecular weight excluding hydrogens is 1230 g/mol. The second-order valence-corrected chi connectivity index (χ2v) is 20.1. The minimum absolute atomic E-state index is 0.00132. The number of urea groups is 4. The molecular formula is C51H57BBr5N9O5. The Labute approximate surface area is 460 Å². The van der Waals surface area contributed by atoms with Crippen molar-refractivity contribution in [1.29, 1.82) is 0 Å². The SMILES string of the molecule is CCN1CCCN(c2ccc(Br)cc2)C1=O.O=C(NCCCBr)Nc1ccc(Br)cc1.O=C1NCCCN1c1ccc(Br)cc1.O=C=Nc1ccc(Br)cc1.[B]c1ccc(N2CCCN(CC)C2=O)cc1. The summed E-state index contributed by atoms with van der Waals surface area (Å²) in [7, 11) is 5.63. The largest absolute Gasteiger partial charge is 0.338 e. The summed E-state index contributed by atoms with van der Waals surface area (Å²) in [6.45, 7) is 11.2. The fourth-order valence-electron chi connectivity index (χ4n) is 6.95. The van der Waals surface area contributed by atoms with E-state index >= 15 is 0 Å². The average molecular weight is 1290 g/mol. The van der Waals surface area contributed by atoms with Crippen molar-refractivity contribution in [1.82, 2.24) is 20.4 Å². The third-order valence-electron chi connectivity index (χ3n) is 10.6. The molecule has 2 radical (unpaired) electrons. The number of nitrogens with zero attached hydrogens (tertiary/aromatic N) is 6. The fraction of sp³-hybridized carbons (Fsp3) is 0.314. The van der Waals surface area contributed by atoms with Crippen molar-refractivity contribution in [2.45, 2.75) is 39.5 Å². The van der Waals surface area contributed by atoms with E-state index in [1.807, 2.05) is 143 Å². The Morgan fingerprint density at radius 1 is 0.620 bits per heavy atom. The van der Waals surface area contributed by atoms with Gasteiger partial charge in [0.25, 0.3) is 0 Å². The molecule has 0 atom stereocenters. The second kappa shape index (κ2) is 32.2. The molecule has 5 aromatic rings. The summed E-state index contributed by atoms with van der Waals surface area (Å²) >= 11 is 16.6. The van der Waals surface area contributed by atoms with Crippen molar-refractivity contribution >= 4 is 152 Å². The molecule has 0 aliphatic carbocycles. The van der Waals surface area contributed by atoms with Crippen LogP contribution in [0.2, 0.25) is 0 Å². The molecule has 374 valence electrons. The predicted molar refractivity (Wildman–Crippen MR) is 306 cm³/mol. The maximum absolute atomic E-state index is 12.1. The standard InChI is InChI=1S/C12H15BN2O.C12H15BrN2O.C10H12Br2N2O.C10H11BrN2O.C7H4BrNO/c2*1-2-14-8-3-9-15(12(14)16)11-6-4-10(13)5-7-11;11-6-1-7-13-10(15)14-9-4-2-8(12)3-5-9;11-8-2-4-9(5-3-8)13-7-1-6-12-10(13)14;8-6-1-3-7(4-2-6)9-5-10/h2*4-7H,2-3,8-9H2,1H3;2-5H,1,6-7H2,(H2,13,14,15);2-5H,1,6-7H2,(H,12,14);1-4H. The molecule has 14 nitrogen and oxygen atoms in total. The summed E-state index contributed by atoms with van der Waals surface area (Å²) in [4.78, 5) is 69.3. The van der Waals surface area contributed by atoms with Gasteiger partial charge in [0.05, 0.1) is 5.69 Å². The molecule has 0 saturated carbocycles. The summed E-state index contributed by atoms with van der Waals surface area (Å²) in [5.41, 5.74) is 4.99. The van der Waals surface area contributed by atoms with Gasteiger partial charge < -0.3 is 25.8 Å². The smallest absolute Gasteiger partial charge is 0.324 e. The van der Waals surface area contributed by atoms with E-state index in [1.54, 1.807) is 17.0 Å². The van der Waals surface area contributed by atoms with Gasteiger partial charge >= 0.3 is 24.1 Å². The van der Waals surface area contributed by atoms with Crippen molar-refractivity contribution in [3.63, 3.8) is 0 Å². The van der Waals surface area contributed by atoms with E-state index in [2.05, 4.69) is 101 Å². The number of halogens is 5. The molecule has 5 aromatic carbocycles. The van der Waals surface area contributed by atoms with Gasteiger partial charge in [0.2, 0.25) is 6.08 Å². The summed E-state index contributed by atoms with van der Waals surface area (Å²) in [5.74, 6) is 0. The van der Waals surface area contributed by atoms with Gasteiger partial charge in [0, 0.05) is 105 Å². The maximum atomic E-state index is 12.1. The van der Waals surface area contributed by atoms with Crippen LogP contribution in [0.4, 0.5) is 47.6 Å². The Hall–Kier alpha value is -4.98. The highest BCUT2D eigenvalue weighted by atomic mass is 79.9. The van der Waals surface area contributed by atoms with Crippen LogP contribution in [0.25, 0.3) is 0 Å². The van der Waals surface area contributed by atoms with Gasteiger partial charge in [-0.05, 0) is 149 Å². The van der Waals surface area contributed by atoms with Crippen molar-refractivity contribution in [2.75, 3.05) is 84.2 Å². The maximum Gasteiger partial charge on any atom is 0.324 e. The number of anilines is 4. The van der Waals surface area contributed by atoms with Crippen LogP contribution in [0.1, 0.15) is 39.5 Å². The van der Waals surface area contributed by atoms with Gasteiger partial charge in [0.15, 0.2) is 0 Å². The van der Waals surface area contributed by atoms with E-state index in [0.717, 1.165) is 129 Å². The Balaban J connectivity index is 0.000000194. The number of aliphatic imine (C=N–C) groups is 1. The van der Waals surface area contributed by atoms with E-state index in [-0.39, 0.29) is 24.1 Å². The summed E-state index contributed by atoms with van der Waals surface area (Å²) in [5, 5.41) is 9.21. The number of carbonyl (C=O) groups is 4. The number of nitrogens with one attached hydrogen (secondary N) is 3. The van der Waals surface area contributed by atoms with Gasteiger partial charge in [-0.3, -0.25) is 14.7 Å². The zero-order valence-corrected chi connectivity index (χ0v) is 47.6. The van der Waals surface area contributed by atoms with E-state index in [9.17, 15) is 24.0 Å². The summed E-state index contributed by atoms with van der Waals surface area (Å²) < 4.78 is 4.02. The van der Waals surface area contributed by atoms with E-state index in [1.165, 1.54) is 6.08 Å². The Morgan fingerprint density at radius 2 is 1.04 bits per heavy atom. The van der Waals surface area contributed by atoms with Gasteiger partial charge in [-0.15, -0.1) is 0 Å². The van der Waals surface area contributed by atoms with Gasteiger partial charge in [-0.2, -0.15) is 4.99 Å². The first-order valence-corrected chi connectivity index (χ1v) is 27.3. The number of hydrogen-bond acceptors (Lipinski definition) is 6. The molecule has 8 amide bonds. The van der Waals surface area contributed by atoms with Crippen LogP contribution in [-0.4, -0.2) is 112 Å². The van der Waals surface area contributed by atoms with E-state index in [4.69, 9.17) is 7.85 Å². The molecule has 3 fully saturated rings. The van der Waals surface area contributed by atoms with Gasteiger partial charge in [-0.25, -0.2) is 24.0 Å². The molecule has 0 spiro atoms. The topological polar surface area (TPSA) is 150 Å². The lowest BCUT2D eigenvalue weighted by Crippen LogP contribution is -2.49. The minimum Gasteiger partial charge on any atom is -0.338 e. The third kappa shape index (κ3) is 20.6. The van der Waals surface area contributed by atoms with Crippen LogP contribution in [-0.2, 0) is 4.79 Å². The highest BCUT2D eigenvalue weighted by Crippen LogP contribution is 2.24. The van der Waals surface area contributed by atoms with Crippen molar-refractivity contribution in [3.05, 3.63) is 139 Å². The Morgan fingerprint density at radius 3 is 1.48 bits per heavy atom. The summed E-state index contributed by atoms with van der Waals surface area (Å²) in [6.07, 6.45) is 5.44. The zero-order chi connectivity index (χ0) is 51.5. The monoisotopic (exact) mass is 1280 g/mol. The number of benzene rings is 5. The number of hydrogen-bond donors (Lipinski definition) is 3. The lowest BCUT2D eigenvalue weighted by molar-refractivity contribution is 0.198. The number of alkyl halides is 1. The fourth-order valence-corrected chi connectivity index (χ4v) is 8.28. The highest BCUT2D eigenvalue weighted by Gasteiger charge is 2.26. The van der Waals surface area contributed by atoms with Gasteiger partial charge in [0.1, 0.15) is 7.85 Å². The lowest BCUT2D eigenvalue weighted by Gasteiger charge is -2.35. The van der Waals surface area contributed by atoms with Crippen LogP contribution in [0.15, 0.2) is 144 Å². The molecule has 3 N–H and O–H groups in total. The first-order chi connectivity index (χ1) is 34.3. The minimum atomic E-state index is -0.168. The lowest BCUT2D eigenvalue weighted by atomic mass is 9.96. The highest BCUT2D eigenvalue weighted by molar-refractivity contribution is 9.11. The molecule has 3 heterocycles. The van der Waals surface area contributed by atoms with Crippen molar-refractivity contribution in [3.8, 4) is 0 Å². The molecule has 0 unspecified atom stereocenters. The second-order valence-electron chi connectivity index (χ2n) is 15.6. The molecule has 3 saturated heterocycles. The molecule has 0 aromatic heterocycles.